The van der Waals surface area contributed by atoms with Gasteiger partial charge in [0.1, 0.15) is 6.10 Å². The summed E-state index contributed by atoms with van der Waals surface area (Å²) in [4.78, 5) is 11.6. The van der Waals surface area contributed by atoms with Crippen LogP contribution in [0.1, 0.15) is 162 Å². The Bertz CT molecular complexity index is 760. The van der Waals surface area contributed by atoms with E-state index in [9.17, 15) is 25.2 Å². The molecule has 6 nitrogen and oxygen atoms in total. The highest BCUT2D eigenvalue weighted by atomic mass is 16.5. The number of hydrogen-bond acceptors (Lipinski definition) is 6. The summed E-state index contributed by atoms with van der Waals surface area (Å²) in [6, 6.07) is 0. The standard InChI is InChI=1S/C37H66O6/c1-3-4-5-6-7-8-9-13-16-22-27-35(40)36(41)28-23-17-14-11-10-12-15-19-24-33(38)25-20-18-21-26-34(39)30-32-29-31(2)43-37(32)42/h12,14-15,17,29,31,33-36,38-41H,3-11,13,16,18-28,30H2,1-2H3/b15-12-,17-14-/t31?,33?,34?,35-,36-/m0/s1. The highest BCUT2D eigenvalue weighted by Crippen LogP contribution is 2.21. The molecule has 1 heterocycles. The van der Waals surface area contributed by atoms with Gasteiger partial charge in [0, 0.05) is 12.0 Å². The predicted molar refractivity (Wildman–Crippen MR) is 178 cm³/mol. The van der Waals surface area contributed by atoms with Crippen molar-refractivity contribution < 1.29 is 30.0 Å². The van der Waals surface area contributed by atoms with Crippen LogP contribution in [0, 0.1) is 0 Å². The van der Waals surface area contributed by atoms with Crippen LogP contribution in [-0.4, -0.2) is 56.9 Å². The Morgan fingerprint density at radius 1 is 0.628 bits per heavy atom. The number of cyclic esters (lactones) is 1. The number of aliphatic hydroxyl groups is 4. The van der Waals surface area contributed by atoms with Crippen LogP contribution in [-0.2, 0) is 9.53 Å². The lowest BCUT2D eigenvalue weighted by atomic mass is 10.0. The molecule has 1 rings (SSSR count). The van der Waals surface area contributed by atoms with Gasteiger partial charge in [0.25, 0.3) is 0 Å². The van der Waals surface area contributed by atoms with Crippen molar-refractivity contribution in [2.45, 2.75) is 192 Å². The third-order valence-corrected chi connectivity index (χ3v) is 8.45. The molecule has 0 saturated heterocycles. The summed E-state index contributed by atoms with van der Waals surface area (Å²) < 4.78 is 5.06. The minimum Gasteiger partial charge on any atom is -0.455 e. The van der Waals surface area contributed by atoms with Gasteiger partial charge in [0.15, 0.2) is 0 Å². The van der Waals surface area contributed by atoms with Crippen LogP contribution in [0.2, 0.25) is 0 Å². The third-order valence-electron chi connectivity index (χ3n) is 8.45. The van der Waals surface area contributed by atoms with Gasteiger partial charge in [-0.25, -0.2) is 4.79 Å². The second-order valence-electron chi connectivity index (χ2n) is 12.7. The minimum absolute atomic E-state index is 0.191. The Hall–Kier alpha value is -1.47. The molecule has 0 amide bonds. The Labute approximate surface area is 263 Å². The Morgan fingerprint density at radius 2 is 1.09 bits per heavy atom. The van der Waals surface area contributed by atoms with Crippen molar-refractivity contribution in [1.29, 1.82) is 0 Å². The summed E-state index contributed by atoms with van der Waals surface area (Å²) in [5, 5.41) is 40.8. The number of aliphatic hydroxyl groups excluding tert-OH is 4. The van der Waals surface area contributed by atoms with Gasteiger partial charge in [-0.1, -0.05) is 115 Å². The van der Waals surface area contributed by atoms with Gasteiger partial charge in [-0.05, 0) is 70.8 Å². The molecule has 0 aromatic heterocycles. The monoisotopic (exact) mass is 606 g/mol. The second kappa shape index (κ2) is 26.9. The van der Waals surface area contributed by atoms with E-state index in [0.29, 0.717) is 31.3 Å². The van der Waals surface area contributed by atoms with Crippen molar-refractivity contribution in [1.82, 2.24) is 0 Å². The fraction of sp³-hybridized carbons (Fsp3) is 0.811. The SMILES string of the molecule is CCCCCCCCCCCC[C@H](O)[C@@H](O)CC/C=C\CC/C=C\CCC(O)CCCCCC(O)CC1=CC(C)OC1=O. The van der Waals surface area contributed by atoms with Crippen molar-refractivity contribution >= 4 is 5.97 Å². The summed E-state index contributed by atoms with van der Waals surface area (Å²) >= 11 is 0. The molecule has 1 aliphatic heterocycles. The van der Waals surface area contributed by atoms with E-state index in [4.69, 9.17) is 4.74 Å². The number of rotatable bonds is 29. The average molecular weight is 607 g/mol. The third kappa shape index (κ3) is 22.7. The van der Waals surface area contributed by atoms with Crippen molar-refractivity contribution in [2.75, 3.05) is 0 Å². The molecule has 0 bridgehead atoms. The number of carbonyl (C=O) groups excluding carboxylic acids is 1. The van der Waals surface area contributed by atoms with Crippen molar-refractivity contribution in [3.05, 3.63) is 36.0 Å². The van der Waals surface area contributed by atoms with E-state index in [-0.39, 0.29) is 18.2 Å². The summed E-state index contributed by atoms with van der Waals surface area (Å²) in [7, 11) is 0. The molecule has 0 aromatic carbocycles. The van der Waals surface area contributed by atoms with Crippen molar-refractivity contribution in [3.8, 4) is 0 Å². The Kier molecular flexibility index (Phi) is 24.7. The predicted octanol–water partition coefficient (Wildman–Crippen LogP) is 8.41. The molecule has 3 unspecified atom stereocenters. The first-order chi connectivity index (χ1) is 20.8. The maximum absolute atomic E-state index is 11.6. The van der Waals surface area contributed by atoms with Crippen LogP contribution in [0.15, 0.2) is 36.0 Å². The molecule has 4 N–H and O–H groups in total. The van der Waals surface area contributed by atoms with Crippen LogP contribution >= 0.6 is 0 Å². The number of ether oxygens (including phenoxy) is 1. The molecule has 0 radical (unpaired) electrons. The molecule has 1 aliphatic rings. The first-order valence-electron chi connectivity index (χ1n) is 17.8. The smallest absolute Gasteiger partial charge is 0.334 e. The molecule has 0 aromatic rings. The molecule has 0 spiro atoms. The van der Waals surface area contributed by atoms with Crippen molar-refractivity contribution in [2.24, 2.45) is 0 Å². The molecule has 0 aliphatic carbocycles. The molecular weight excluding hydrogens is 540 g/mol. The van der Waals surface area contributed by atoms with E-state index in [1.54, 1.807) is 6.08 Å². The maximum Gasteiger partial charge on any atom is 0.334 e. The molecule has 5 atom stereocenters. The summed E-state index contributed by atoms with van der Waals surface area (Å²) in [5.41, 5.74) is 0.584. The van der Waals surface area contributed by atoms with Gasteiger partial charge in [0.05, 0.1) is 24.4 Å². The van der Waals surface area contributed by atoms with Gasteiger partial charge in [0.2, 0.25) is 0 Å². The van der Waals surface area contributed by atoms with E-state index in [0.717, 1.165) is 70.6 Å². The van der Waals surface area contributed by atoms with Gasteiger partial charge in [-0.15, -0.1) is 0 Å². The Balaban J connectivity index is 1.91. The van der Waals surface area contributed by atoms with Crippen LogP contribution < -0.4 is 0 Å². The first kappa shape index (κ1) is 39.6. The van der Waals surface area contributed by atoms with Gasteiger partial charge in [-0.3, -0.25) is 0 Å². The van der Waals surface area contributed by atoms with Gasteiger partial charge < -0.3 is 25.2 Å². The average Bonchev–Trinajstić information content (AvgIpc) is 3.30. The van der Waals surface area contributed by atoms with E-state index in [2.05, 4.69) is 31.2 Å². The van der Waals surface area contributed by atoms with Gasteiger partial charge in [-0.2, -0.15) is 0 Å². The highest BCUT2D eigenvalue weighted by Gasteiger charge is 2.24. The minimum atomic E-state index is -0.632. The largest absolute Gasteiger partial charge is 0.455 e. The van der Waals surface area contributed by atoms with E-state index in [1.807, 2.05) is 6.92 Å². The van der Waals surface area contributed by atoms with Crippen molar-refractivity contribution in [3.63, 3.8) is 0 Å². The maximum atomic E-state index is 11.6. The lowest BCUT2D eigenvalue weighted by Crippen LogP contribution is -2.25. The summed E-state index contributed by atoms with van der Waals surface area (Å²) in [5.74, 6) is -0.308. The molecule has 250 valence electrons. The number of hydrogen-bond donors (Lipinski definition) is 4. The van der Waals surface area contributed by atoms with E-state index in [1.165, 1.54) is 51.4 Å². The zero-order valence-corrected chi connectivity index (χ0v) is 27.6. The van der Waals surface area contributed by atoms with Crippen LogP contribution in [0.25, 0.3) is 0 Å². The first-order valence-corrected chi connectivity index (χ1v) is 17.8. The quantitative estimate of drug-likeness (QED) is 0.0387. The zero-order chi connectivity index (χ0) is 31.5. The van der Waals surface area contributed by atoms with E-state index >= 15 is 0 Å². The fourth-order valence-electron chi connectivity index (χ4n) is 5.66. The second-order valence-corrected chi connectivity index (χ2v) is 12.7. The van der Waals surface area contributed by atoms with Gasteiger partial charge >= 0.3 is 5.97 Å². The molecule has 6 heteroatoms. The summed E-state index contributed by atoms with van der Waals surface area (Å²) in [6.07, 6.45) is 31.1. The summed E-state index contributed by atoms with van der Waals surface area (Å²) in [6.45, 7) is 4.07. The highest BCUT2D eigenvalue weighted by molar-refractivity contribution is 5.90. The molecular formula is C37H66O6. The van der Waals surface area contributed by atoms with E-state index < -0.39 is 18.3 Å². The number of allylic oxidation sites excluding steroid dienone is 4. The Morgan fingerprint density at radius 3 is 1.67 bits per heavy atom. The van der Waals surface area contributed by atoms with Crippen LogP contribution in [0.4, 0.5) is 0 Å². The zero-order valence-electron chi connectivity index (χ0n) is 27.6. The number of carbonyl (C=O) groups is 1. The fourth-order valence-corrected chi connectivity index (χ4v) is 5.66. The topological polar surface area (TPSA) is 107 Å². The molecule has 43 heavy (non-hydrogen) atoms. The normalized spacial score (nSPS) is 18.3. The number of esters is 1. The lowest BCUT2D eigenvalue weighted by Gasteiger charge is -2.17. The molecule has 0 fully saturated rings. The molecule has 0 saturated carbocycles. The number of unbranched alkanes of at least 4 members (excludes halogenated alkanes) is 12. The lowest BCUT2D eigenvalue weighted by molar-refractivity contribution is -0.139. The van der Waals surface area contributed by atoms with Crippen LogP contribution in [0.5, 0.6) is 0 Å². The van der Waals surface area contributed by atoms with Crippen LogP contribution in [0.3, 0.4) is 0 Å².